The molecule has 7 nitrogen and oxygen atoms in total. The zero-order chi connectivity index (χ0) is 15.7. The molecule has 0 amide bonds. The fourth-order valence-corrected chi connectivity index (χ4v) is 2.25. The maximum Gasteiger partial charge on any atom is 0.269 e. The quantitative estimate of drug-likeness (QED) is 0.494. The van der Waals surface area contributed by atoms with Gasteiger partial charge in [-0.05, 0) is 17.7 Å². The highest BCUT2D eigenvalue weighted by molar-refractivity contribution is 5.89. The summed E-state index contributed by atoms with van der Waals surface area (Å²) in [4.78, 5) is 18.8. The van der Waals surface area contributed by atoms with Crippen molar-refractivity contribution in [2.75, 3.05) is 14.1 Å². The minimum Gasteiger partial charge on any atom is -0.471 e. The highest BCUT2D eigenvalue weighted by Gasteiger charge is 2.30. The molecular weight excluding hydrogens is 284 g/mol. The number of nitro groups is 1. The minimum absolute atomic E-state index is 0.0612. The number of hydrogen-bond acceptors (Lipinski definition) is 5. The number of nitrogens with zero attached hydrogens (tertiary/aromatic N) is 4. The van der Waals surface area contributed by atoms with E-state index in [2.05, 4.69) is 9.98 Å². The predicted octanol–water partition coefficient (Wildman–Crippen LogP) is 2.81. The fraction of sp³-hybridized carbons (Fsp3) is 0.200. The fourth-order valence-electron chi connectivity index (χ4n) is 2.25. The van der Waals surface area contributed by atoms with Crippen LogP contribution >= 0.6 is 0 Å². The van der Waals surface area contributed by atoms with Gasteiger partial charge in [-0.25, -0.2) is 4.98 Å². The molecule has 0 spiro atoms. The zero-order valence-corrected chi connectivity index (χ0v) is 12.3. The van der Waals surface area contributed by atoms with E-state index in [4.69, 9.17) is 4.74 Å². The number of quaternary nitrogens is 1. The molecule has 112 valence electrons. The topological polar surface area (TPSA) is 77.6 Å². The molecule has 0 N–H and O–H groups in total. The molecule has 0 aliphatic carbocycles. The van der Waals surface area contributed by atoms with E-state index in [1.54, 1.807) is 18.3 Å². The van der Waals surface area contributed by atoms with Crippen molar-refractivity contribution < 1.29 is 9.66 Å². The molecule has 3 rings (SSSR count). The summed E-state index contributed by atoms with van der Waals surface area (Å²) in [7, 11) is 4.05. The smallest absolute Gasteiger partial charge is 0.269 e. The highest BCUT2D eigenvalue weighted by atomic mass is 16.6. The van der Waals surface area contributed by atoms with Crippen LogP contribution in [0.3, 0.4) is 0 Å². The Morgan fingerprint density at radius 2 is 1.95 bits per heavy atom. The van der Waals surface area contributed by atoms with Crippen LogP contribution in [0.1, 0.15) is 5.56 Å². The summed E-state index contributed by atoms with van der Waals surface area (Å²) >= 11 is 0. The number of nitro benzene ring substituents is 1. The van der Waals surface area contributed by atoms with Gasteiger partial charge in [-0.15, -0.1) is 0 Å². The van der Waals surface area contributed by atoms with Crippen molar-refractivity contribution >= 4 is 23.4 Å². The van der Waals surface area contributed by atoms with Crippen LogP contribution in [0.25, 0.3) is 0 Å². The number of aromatic nitrogens is 1. The molecule has 1 aromatic heterocycles. The van der Waals surface area contributed by atoms with Gasteiger partial charge in [0.15, 0.2) is 17.7 Å². The SMILES string of the molecule is C[N+]1(C)C=Nc2c1ccnc2OCc1ccc([N+](=O)[O-])cc1. The molecule has 0 saturated heterocycles. The second kappa shape index (κ2) is 5.19. The molecule has 0 fully saturated rings. The summed E-state index contributed by atoms with van der Waals surface area (Å²) in [6.07, 6.45) is 3.52. The maximum atomic E-state index is 10.6. The lowest BCUT2D eigenvalue weighted by atomic mass is 10.2. The molecular formula is C15H15N4O3+. The lowest BCUT2D eigenvalue weighted by molar-refractivity contribution is -0.384. The average molecular weight is 299 g/mol. The van der Waals surface area contributed by atoms with Crippen molar-refractivity contribution in [1.29, 1.82) is 0 Å². The molecule has 1 aliphatic heterocycles. The lowest BCUT2D eigenvalue weighted by Crippen LogP contribution is -2.36. The van der Waals surface area contributed by atoms with E-state index in [9.17, 15) is 10.1 Å². The number of fused-ring (bicyclic) bond motifs is 1. The number of pyridine rings is 1. The third-order valence-corrected chi connectivity index (χ3v) is 3.49. The van der Waals surface area contributed by atoms with Crippen LogP contribution in [0.5, 0.6) is 5.88 Å². The van der Waals surface area contributed by atoms with Crippen LogP contribution in [-0.4, -0.2) is 30.3 Å². The summed E-state index contributed by atoms with van der Waals surface area (Å²) in [5.41, 5.74) is 2.65. The van der Waals surface area contributed by atoms with Crippen LogP contribution in [-0.2, 0) is 6.61 Å². The van der Waals surface area contributed by atoms with Gasteiger partial charge in [0.05, 0.1) is 19.0 Å². The number of aliphatic imine (C=N–C) groups is 1. The van der Waals surface area contributed by atoms with Gasteiger partial charge in [-0.3, -0.25) is 14.6 Å². The summed E-state index contributed by atoms with van der Waals surface area (Å²) in [6, 6.07) is 8.18. The zero-order valence-electron chi connectivity index (χ0n) is 12.3. The number of non-ortho nitro benzene ring substituents is 1. The van der Waals surface area contributed by atoms with Gasteiger partial charge < -0.3 is 4.74 Å². The summed E-state index contributed by atoms with van der Waals surface area (Å²) < 4.78 is 6.27. The van der Waals surface area contributed by atoms with Crippen molar-refractivity contribution in [2.45, 2.75) is 6.61 Å². The Bertz CT molecular complexity index is 754. The Morgan fingerprint density at radius 1 is 1.23 bits per heavy atom. The van der Waals surface area contributed by atoms with Crippen molar-refractivity contribution in [2.24, 2.45) is 4.99 Å². The number of ether oxygens (including phenoxy) is 1. The lowest BCUT2D eigenvalue weighted by Gasteiger charge is -2.19. The Labute approximate surface area is 127 Å². The van der Waals surface area contributed by atoms with Crippen molar-refractivity contribution in [3.8, 4) is 5.88 Å². The molecule has 0 radical (unpaired) electrons. The first-order valence-electron chi connectivity index (χ1n) is 6.72. The largest absolute Gasteiger partial charge is 0.471 e. The second-order valence-corrected chi connectivity index (χ2v) is 5.48. The molecule has 0 saturated carbocycles. The molecule has 1 aliphatic rings. The molecule has 0 unspecified atom stereocenters. The van der Waals surface area contributed by atoms with Gasteiger partial charge in [-0.1, -0.05) is 0 Å². The van der Waals surface area contributed by atoms with Crippen LogP contribution < -0.4 is 9.22 Å². The van der Waals surface area contributed by atoms with Crippen LogP contribution in [0.4, 0.5) is 17.1 Å². The van der Waals surface area contributed by atoms with Crippen LogP contribution in [0.15, 0.2) is 41.5 Å². The van der Waals surface area contributed by atoms with E-state index in [-0.39, 0.29) is 12.3 Å². The molecule has 7 heteroatoms. The first-order chi connectivity index (χ1) is 10.5. The summed E-state index contributed by atoms with van der Waals surface area (Å²) in [5.74, 6) is 0.468. The van der Waals surface area contributed by atoms with Crippen molar-refractivity contribution in [1.82, 2.24) is 9.47 Å². The Hall–Kier alpha value is -2.80. The molecule has 1 aromatic carbocycles. The van der Waals surface area contributed by atoms with E-state index in [0.29, 0.717) is 10.4 Å². The average Bonchev–Trinajstić information content (AvgIpc) is 2.82. The number of benzene rings is 1. The van der Waals surface area contributed by atoms with E-state index < -0.39 is 4.92 Å². The van der Waals surface area contributed by atoms with Gasteiger partial charge in [-0.2, -0.15) is 4.99 Å². The van der Waals surface area contributed by atoms with E-state index in [1.165, 1.54) is 12.1 Å². The van der Waals surface area contributed by atoms with E-state index in [0.717, 1.165) is 16.9 Å². The molecule has 22 heavy (non-hydrogen) atoms. The Balaban J connectivity index is 1.77. The van der Waals surface area contributed by atoms with Gasteiger partial charge in [0.1, 0.15) is 6.61 Å². The third kappa shape index (κ3) is 2.53. The summed E-state index contributed by atoms with van der Waals surface area (Å²) in [6.45, 7) is 0.282. The third-order valence-electron chi connectivity index (χ3n) is 3.49. The van der Waals surface area contributed by atoms with Crippen LogP contribution in [0, 0.1) is 10.1 Å². The predicted molar refractivity (Wildman–Crippen MR) is 83.5 cm³/mol. The van der Waals surface area contributed by atoms with Crippen LogP contribution in [0.2, 0.25) is 0 Å². The Kier molecular flexibility index (Phi) is 3.34. The van der Waals surface area contributed by atoms with Gasteiger partial charge in [0, 0.05) is 24.4 Å². The monoisotopic (exact) mass is 299 g/mol. The number of rotatable bonds is 4. The molecule has 0 atom stereocenters. The van der Waals surface area contributed by atoms with Gasteiger partial charge in [0.25, 0.3) is 5.69 Å². The van der Waals surface area contributed by atoms with Crippen molar-refractivity contribution in [3.05, 3.63) is 52.2 Å². The number of hydrogen-bond donors (Lipinski definition) is 0. The first-order valence-corrected chi connectivity index (χ1v) is 6.72. The van der Waals surface area contributed by atoms with E-state index >= 15 is 0 Å². The van der Waals surface area contributed by atoms with Gasteiger partial charge in [0.2, 0.25) is 5.88 Å². The minimum atomic E-state index is -0.426. The van der Waals surface area contributed by atoms with E-state index in [1.807, 2.05) is 26.5 Å². The second-order valence-electron chi connectivity index (χ2n) is 5.48. The standard InChI is InChI=1S/C15H15N4O3/c1-19(2)10-17-14-13(19)7-8-16-15(14)22-9-11-3-5-12(6-4-11)18(20)21/h3-8,10H,9H2,1-2H3/q+1. The maximum absolute atomic E-state index is 10.6. The van der Waals surface area contributed by atoms with Crippen molar-refractivity contribution in [3.63, 3.8) is 0 Å². The Morgan fingerprint density at radius 3 is 2.64 bits per heavy atom. The highest BCUT2D eigenvalue weighted by Crippen LogP contribution is 2.41. The van der Waals surface area contributed by atoms with Gasteiger partial charge >= 0.3 is 0 Å². The normalized spacial score (nSPS) is 14.6. The molecule has 0 bridgehead atoms. The molecule has 2 aromatic rings. The summed E-state index contributed by atoms with van der Waals surface area (Å²) in [5, 5.41) is 10.6. The first kappa shape index (κ1) is 14.2. The molecule has 2 heterocycles.